The van der Waals surface area contributed by atoms with Crippen molar-refractivity contribution in [1.29, 1.82) is 0 Å². The first-order valence-electron chi connectivity index (χ1n) is 6.36. The highest BCUT2D eigenvalue weighted by Crippen LogP contribution is 2.21. The molecule has 2 rings (SSSR count). The van der Waals surface area contributed by atoms with Gasteiger partial charge in [-0.3, -0.25) is 0 Å². The van der Waals surface area contributed by atoms with E-state index in [1.807, 2.05) is 52.0 Å². The monoisotopic (exact) mass is 252 g/mol. The zero-order valence-corrected chi connectivity index (χ0v) is 11.6. The standard InChI is InChI=1S/2C8H11F/c2*1-6-3-4-7(2)8(9)5-6/h2*3-4,8H,5H2,1-2H3. The number of hydrogen-bond acceptors (Lipinski definition) is 0. The van der Waals surface area contributed by atoms with Gasteiger partial charge in [-0.05, 0) is 38.8 Å². The van der Waals surface area contributed by atoms with Crippen molar-refractivity contribution in [2.24, 2.45) is 0 Å². The maximum Gasteiger partial charge on any atom is 0.125 e. The van der Waals surface area contributed by atoms with Gasteiger partial charge in [0, 0.05) is 12.8 Å². The molecule has 0 saturated carbocycles. The van der Waals surface area contributed by atoms with E-state index in [0.717, 1.165) is 22.3 Å². The molecule has 2 atom stereocenters. The molecule has 0 aromatic carbocycles. The van der Waals surface area contributed by atoms with Crippen molar-refractivity contribution in [3.8, 4) is 0 Å². The zero-order chi connectivity index (χ0) is 13.7. The van der Waals surface area contributed by atoms with E-state index in [1.54, 1.807) is 0 Å². The summed E-state index contributed by atoms with van der Waals surface area (Å²) < 4.78 is 25.4. The van der Waals surface area contributed by atoms with Gasteiger partial charge in [-0.15, -0.1) is 0 Å². The molecule has 2 aliphatic rings. The highest BCUT2D eigenvalue weighted by atomic mass is 19.1. The Morgan fingerprint density at radius 2 is 1.06 bits per heavy atom. The van der Waals surface area contributed by atoms with Gasteiger partial charge in [0.2, 0.25) is 0 Å². The Balaban J connectivity index is 0.000000180. The van der Waals surface area contributed by atoms with Crippen molar-refractivity contribution in [2.45, 2.75) is 52.9 Å². The van der Waals surface area contributed by atoms with Crippen LogP contribution in [0.15, 0.2) is 46.6 Å². The average molecular weight is 252 g/mol. The van der Waals surface area contributed by atoms with Crippen molar-refractivity contribution in [3.05, 3.63) is 46.6 Å². The number of halogens is 2. The maximum absolute atomic E-state index is 12.7. The van der Waals surface area contributed by atoms with Gasteiger partial charge in [-0.25, -0.2) is 8.78 Å². The number of rotatable bonds is 0. The molecule has 0 N–H and O–H groups in total. The van der Waals surface area contributed by atoms with Crippen molar-refractivity contribution >= 4 is 0 Å². The number of allylic oxidation sites excluding steroid dienone is 8. The van der Waals surface area contributed by atoms with E-state index in [-0.39, 0.29) is 0 Å². The second kappa shape index (κ2) is 6.67. The fraction of sp³-hybridized carbons (Fsp3) is 0.500. The molecule has 2 aliphatic carbocycles. The van der Waals surface area contributed by atoms with Crippen molar-refractivity contribution in [1.82, 2.24) is 0 Å². The van der Waals surface area contributed by atoms with Crippen LogP contribution in [-0.4, -0.2) is 12.3 Å². The third-order valence-corrected chi connectivity index (χ3v) is 3.25. The van der Waals surface area contributed by atoms with E-state index in [2.05, 4.69) is 0 Å². The van der Waals surface area contributed by atoms with Crippen LogP contribution in [0.2, 0.25) is 0 Å². The lowest BCUT2D eigenvalue weighted by molar-refractivity contribution is 0.376. The second-order valence-corrected chi connectivity index (χ2v) is 5.19. The minimum Gasteiger partial charge on any atom is -0.242 e. The predicted molar refractivity (Wildman–Crippen MR) is 74.1 cm³/mol. The second-order valence-electron chi connectivity index (χ2n) is 5.19. The molecule has 100 valence electrons. The van der Waals surface area contributed by atoms with Gasteiger partial charge < -0.3 is 0 Å². The molecule has 0 amide bonds. The predicted octanol–water partition coefficient (Wildman–Crippen LogP) is 5.24. The molecule has 0 fully saturated rings. The molecule has 0 spiro atoms. The van der Waals surface area contributed by atoms with Gasteiger partial charge in [0.15, 0.2) is 0 Å². The van der Waals surface area contributed by atoms with Crippen LogP contribution < -0.4 is 0 Å². The number of alkyl halides is 2. The Labute approximate surface area is 109 Å². The first kappa shape index (κ1) is 14.9. The highest BCUT2D eigenvalue weighted by molar-refractivity contribution is 5.25. The molecule has 0 aromatic rings. The molecule has 0 saturated heterocycles. The summed E-state index contributed by atoms with van der Waals surface area (Å²) in [6, 6.07) is 0. The van der Waals surface area contributed by atoms with Gasteiger partial charge in [-0.2, -0.15) is 0 Å². The molecule has 0 aliphatic heterocycles. The van der Waals surface area contributed by atoms with Crippen LogP contribution in [0.5, 0.6) is 0 Å². The average Bonchev–Trinajstić information content (AvgIpc) is 2.30. The molecular weight excluding hydrogens is 230 g/mol. The van der Waals surface area contributed by atoms with E-state index >= 15 is 0 Å². The van der Waals surface area contributed by atoms with Gasteiger partial charge in [0.25, 0.3) is 0 Å². The van der Waals surface area contributed by atoms with Crippen molar-refractivity contribution in [2.75, 3.05) is 0 Å². The van der Waals surface area contributed by atoms with Crippen LogP contribution in [0.4, 0.5) is 8.78 Å². The van der Waals surface area contributed by atoms with Crippen LogP contribution in [-0.2, 0) is 0 Å². The molecule has 0 heterocycles. The van der Waals surface area contributed by atoms with E-state index in [9.17, 15) is 8.78 Å². The minimum atomic E-state index is -0.727. The normalized spacial score (nSPS) is 27.2. The largest absolute Gasteiger partial charge is 0.242 e. The summed E-state index contributed by atoms with van der Waals surface area (Å²) in [4.78, 5) is 0. The lowest BCUT2D eigenvalue weighted by Crippen LogP contribution is -2.05. The molecule has 18 heavy (non-hydrogen) atoms. The Morgan fingerprint density at radius 1 is 0.722 bits per heavy atom. The summed E-state index contributed by atoms with van der Waals surface area (Å²) >= 11 is 0. The van der Waals surface area contributed by atoms with E-state index < -0.39 is 12.3 Å². The Morgan fingerprint density at radius 3 is 1.28 bits per heavy atom. The van der Waals surface area contributed by atoms with Crippen LogP contribution in [0.1, 0.15) is 40.5 Å². The summed E-state index contributed by atoms with van der Waals surface area (Å²) in [5.41, 5.74) is 3.96. The number of hydrogen-bond donors (Lipinski definition) is 0. The maximum atomic E-state index is 12.7. The minimum absolute atomic E-state index is 0.586. The third-order valence-electron chi connectivity index (χ3n) is 3.25. The Kier molecular flexibility index (Phi) is 5.52. The topological polar surface area (TPSA) is 0 Å². The van der Waals surface area contributed by atoms with Gasteiger partial charge >= 0.3 is 0 Å². The molecule has 2 unspecified atom stereocenters. The fourth-order valence-electron chi connectivity index (χ4n) is 1.78. The Bertz CT molecular complexity index is 371. The van der Waals surface area contributed by atoms with Crippen molar-refractivity contribution in [3.63, 3.8) is 0 Å². The summed E-state index contributed by atoms with van der Waals surface area (Å²) in [5, 5.41) is 0. The van der Waals surface area contributed by atoms with E-state index in [1.165, 1.54) is 0 Å². The molecule has 0 nitrogen and oxygen atoms in total. The zero-order valence-electron chi connectivity index (χ0n) is 11.6. The van der Waals surface area contributed by atoms with Crippen LogP contribution in [0.3, 0.4) is 0 Å². The molecule has 2 heteroatoms. The van der Waals surface area contributed by atoms with Gasteiger partial charge in [-0.1, -0.05) is 35.5 Å². The van der Waals surface area contributed by atoms with E-state index in [4.69, 9.17) is 0 Å². The lowest BCUT2D eigenvalue weighted by atomic mass is 9.99. The van der Waals surface area contributed by atoms with Crippen LogP contribution in [0, 0.1) is 0 Å². The molecule has 0 aromatic heterocycles. The summed E-state index contributed by atoms with van der Waals surface area (Å²) in [6.45, 7) is 7.56. The molecule has 0 radical (unpaired) electrons. The summed E-state index contributed by atoms with van der Waals surface area (Å²) in [6.07, 6.45) is 7.37. The first-order chi connectivity index (χ1) is 8.40. The lowest BCUT2D eigenvalue weighted by Gasteiger charge is -2.12. The van der Waals surface area contributed by atoms with E-state index in [0.29, 0.717) is 12.8 Å². The SMILES string of the molecule is CC1=CC=C(C)C(F)C1.CC1=CC=C(C)C(F)C1. The first-order valence-corrected chi connectivity index (χ1v) is 6.36. The van der Waals surface area contributed by atoms with Crippen LogP contribution in [0.25, 0.3) is 0 Å². The van der Waals surface area contributed by atoms with Crippen LogP contribution >= 0.6 is 0 Å². The fourth-order valence-corrected chi connectivity index (χ4v) is 1.78. The highest BCUT2D eigenvalue weighted by Gasteiger charge is 2.12. The third kappa shape index (κ3) is 4.59. The summed E-state index contributed by atoms with van der Waals surface area (Å²) in [5.74, 6) is 0. The quantitative estimate of drug-likeness (QED) is 0.553. The van der Waals surface area contributed by atoms with Gasteiger partial charge in [0.05, 0.1) is 0 Å². The van der Waals surface area contributed by atoms with Crippen molar-refractivity contribution < 1.29 is 8.78 Å². The Hall–Kier alpha value is -1.18. The summed E-state index contributed by atoms with van der Waals surface area (Å²) in [7, 11) is 0. The smallest absolute Gasteiger partial charge is 0.125 e. The molecule has 0 bridgehead atoms. The van der Waals surface area contributed by atoms with Gasteiger partial charge in [0.1, 0.15) is 12.3 Å². The molecular formula is C16H22F2.